The van der Waals surface area contributed by atoms with Gasteiger partial charge in [-0.05, 0) is 18.2 Å². The molecule has 112 valence electrons. The third kappa shape index (κ3) is 3.52. The van der Waals surface area contributed by atoms with Crippen molar-refractivity contribution in [2.45, 2.75) is 32.4 Å². The summed E-state index contributed by atoms with van der Waals surface area (Å²) in [6.45, 7) is 5.46. The lowest BCUT2D eigenvalue weighted by atomic mass is 10.1. The summed E-state index contributed by atoms with van der Waals surface area (Å²) in [7, 11) is 0. The van der Waals surface area contributed by atoms with Gasteiger partial charge in [0, 0.05) is 30.8 Å². The van der Waals surface area contributed by atoms with Gasteiger partial charge in [-0.15, -0.1) is 0 Å². The minimum absolute atomic E-state index is 0.222. The lowest BCUT2D eigenvalue weighted by Crippen LogP contribution is -2.26. The van der Waals surface area contributed by atoms with Crippen LogP contribution in [-0.2, 0) is 11.3 Å². The average molecular weight is 286 g/mol. The van der Waals surface area contributed by atoms with E-state index < -0.39 is 0 Å². The number of nitrogens with zero attached hydrogens (tertiary/aromatic N) is 1. The van der Waals surface area contributed by atoms with Crippen molar-refractivity contribution in [3.8, 4) is 5.88 Å². The van der Waals surface area contributed by atoms with Crippen molar-refractivity contribution in [3.05, 3.63) is 35.9 Å². The van der Waals surface area contributed by atoms with Gasteiger partial charge in [-0.1, -0.05) is 25.1 Å². The molecule has 21 heavy (non-hydrogen) atoms. The van der Waals surface area contributed by atoms with E-state index in [1.807, 2.05) is 12.1 Å². The Balaban J connectivity index is 1.87. The molecule has 1 aromatic heterocycles. The fourth-order valence-electron chi connectivity index (χ4n) is 2.65. The number of pyridine rings is 1. The number of fused-ring (bicyclic) bond motifs is 1. The molecule has 3 rings (SSSR count). The van der Waals surface area contributed by atoms with Gasteiger partial charge in [0.2, 0.25) is 5.88 Å². The van der Waals surface area contributed by atoms with Crippen molar-refractivity contribution in [1.29, 1.82) is 0 Å². The molecule has 1 fully saturated rings. The molecular weight excluding hydrogens is 264 g/mol. The van der Waals surface area contributed by atoms with E-state index in [0.717, 1.165) is 50.5 Å². The van der Waals surface area contributed by atoms with Gasteiger partial charge in [0.15, 0.2) is 0 Å². The van der Waals surface area contributed by atoms with E-state index in [0.29, 0.717) is 0 Å². The highest BCUT2D eigenvalue weighted by molar-refractivity contribution is 5.82. The van der Waals surface area contributed by atoms with Crippen LogP contribution in [0.2, 0.25) is 0 Å². The second-order valence-electron chi connectivity index (χ2n) is 5.35. The standard InChI is InChI=1S/C17H22N2O2/c1-2-18-12-13-11-17(21-14-7-9-20-10-8-14)19-16-6-4-3-5-15(13)16/h3-6,11,14,18H,2,7-10,12H2,1H3. The van der Waals surface area contributed by atoms with Crippen LogP contribution in [0.4, 0.5) is 0 Å². The molecule has 0 aliphatic carbocycles. The first kappa shape index (κ1) is 14.3. The Hall–Kier alpha value is -1.65. The first-order chi connectivity index (χ1) is 10.4. The Morgan fingerprint density at radius 3 is 2.90 bits per heavy atom. The van der Waals surface area contributed by atoms with E-state index >= 15 is 0 Å². The zero-order valence-corrected chi connectivity index (χ0v) is 12.5. The number of ether oxygens (including phenoxy) is 2. The van der Waals surface area contributed by atoms with E-state index in [4.69, 9.17) is 9.47 Å². The number of benzene rings is 1. The van der Waals surface area contributed by atoms with Crippen LogP contribution in [0.1, 0.15) is 25.3 Å². The maximum atomic E-state index is 6.07. The van der Waals surface area contributed by atoms with Crippen LogP contribution in [0.25, 0.3) is 10.9 Å². The van der Waals surface area contributed by atoms with Crippen molar-refractivity contribution in [2.75, 3.05) is 19.8 Å². The lowest BCUT2D eigenvalue weighted by Gasteiger charge is -2.23. The van der Waals surface area contributed by atoms with Crippen LogP contribution in [-0.4, -0.2) is 30.8 Å². The van der Waals surface area contributed by atoms with Crippen LogP contribution >= 0.6 is 0 Å². The van der Waals surface area contributed by atoms with Gasteiger partial charge in [-0.3, -0.25) is 0 Å². The third-order valence-corrected chi connectivity index (χ3v) is 3.80. The Morgan fingerprint density at radius 1 is 1.29 bits per heavy atom. The molecule has 1 aromatic carbocycles. The molecule has 0 saturated carbocycles. The SMILES string of the molecule is CCNCc1cc(OC2CCOCC2)nc2ccccc12. The Kier molecular flexibility index (Phi) is 4.68. The molecule has 0 bridgehead atoms. The summed E-state index contributed by atoms with van der Waals surface area (Å²) < 4.78 is 11.4. The van der Waals surface area contributed by atoms with Gasteiger partial charge in [-0.2, -0.15) is 0 Å². The highest BCUT2D eigenvalue weighted by atomic mass is 16.5. The van der Waals surface area contributed by atoms with Crippen LogP contribution in [0.3, 0.4) is 0 Å². The number of para-hydroxylation sites is 1. The molecule has 1 aliphatic heterocycles. The maximum Gasteiger partial charge on any atom is 0.214 e. The fraction of sp³-hybridized carbons (Fsp3) is 0.471. The Morgan fingerprint density at radius 2 is 2.10 bits per heavy atom. The Bertz CT molecular complexity index is 594. The molecule has 1 saturated heterocycles. The molecule has 1 aliphatic rings. The molecular formula is C17H22N2O2. The molecule has 1 N–H and O–H groups in total. The molecule has 4 nitrogen and oxygen atoms in total. The summed E-state index contributed by atoms with van der Waals surface area (Å²) in [5.41, 5.74) is 2.24. The quantitative estimate of drug-likeness (QED) is 0.918. The Labute approximate surface area is 125 Å². The van der Waals surface area contributed by atoms with Gasteiger partial charge < -0.3 is 14.8 Å². The number of rotatable bonds is 5. The minimum Gasteiger partial charge on any atom is -0.474 e. The third-order valence-electron chi connectivity index (χ3n) is 3.80. The zero-order valence-electron chi connectivity index (χ0n) is 12.5. The maximum absolute atomic E-state index is 6.07. The smallest absolute Gasteiger partial charge is 0.214 e. The number of hydrogen-bond donors (Lipinski definition) is 1. The summed E-state index contributed by atoms with van der Waals surface area (Å²) in [6.07, 6.45) is 2.10. The van der Waals surface area contributed by atoms with Crippen LogP contribution in [0.15, 0.2) is 30.3 Å². The molecule has 4 heteroatoms. The summed E-state index contributed by atoms with van der Waals surface area (Å²) in [4.78, 5) is 4.65. The predicted molar refractivity (Wildman–Crippen MR) is 83.6 cm³/mol. The molecule has 0 atom stereocenters. The second-order valence-corrected chi connectivity index (χ2v) is 5.35. The normalized spacial score (nSPS) is 16.2. The summed E-state index contributed by atoms with van der Waals surface area (Å²) in [6, 6.07) is 10.3. The van der Waals surface area contributed by atoms with Crippen LogP contribution < -0.4 is 10.1 Å². The van der Waals surface area contributed by atoms with Crippen molar-refractivity contribution in [3.63, 3.8) is 0 Å². The minimum atomic E-state index is 0.222. The molecule has 0 radical (unpaired) electrons. The number of hydrogen-bond acceptors (Lipinski definition) is 4. The molecule has 0 spiro atoms. The summed E-state index contributed by atoms with van der Waals surface area (Å²) >= 11 is 0. The molecule has 0 unspecified atom stereocenters. The van der Waals surface area contributed by atoms with Gasteiger partial charge in [0.05, 0.1) is 18.7 Å². The van der Waals surface area contributed by atoms with E-state index in [9.17, 15) is 0 Å². The predicted octanol–water partition coefficient (Wildman–Crippen LogP) is 2.90. The van der Waals surface area contributed by atoms with Gasteiger partial charge in [-0.25, -0.2) is 4.98 Å². The van der Waals surface area contributed by atoms with Gasteiger partial charge >= 0.3 is 0 Å². The summed E-state index contributed by atoms with van der Waals surface area (Å²) in [5.74, 6) is 0.730. The number of nitrogens with one attached hydrogen (secondary N) is 1. The average Bonchev–Trinajstić information content (AvgIpc) is 2.53. The largest absolute Gasteiger partial charge is 0.474 e. The number of aromatic nitrogens is 1. The van der Waals surface area contributed by atoms with E-state index in [1.165, 1.54) is 10.9 Å². The highest BCUT2D eigenvalue weighted by Gasteiger charge is 2.16. The van der Waals surface area contributed by atoms with Crippen LogP contribution in [0.5, 0.6) is 5.88 Å². The van der Waals surface area contributed by atoms with Crippen molar-refractivity contribution in [1.82, 2.24) is 10.3 Å². The van der Waals surface area contributed by atoms with E-state index in [-0.39, 0.29) is 6.10 Å². The second kappa shape index (κ2) is 6.87. The topological polar surface area (TPSA) is 43.4 Å². The molecule has 2 heterocycles. The van der Waals surface area contributed by atoms with Crippen molar-refractivity contribution in [2.24, 2.45) is 0 Å². The lowest BCUT2D eigenvalue weighted by molar-refractivity contribution is 0.0238. The van der Waals surface area contributed by atoms with E-state index in [1.54, 1.807) is 0 Å². The zero-order chi connectivity index (χ0) is 14.5. The van der Waals surface area contributed by atoms with Gasteiger partial charge in [0.25, 0.3) is 0 Å². The van der Waals surface area contributed by atoms with Crippen molar-refractivity contribution < 1.29 is 9.47 Å². The van der Waals surface area contributed by atoms with E-state index in [2.05, 4.69) is 35.4 Å². The monoisotopic (exact) mass is 286 g/mol. The summed E-state index contributed by atoms with van der Waals surface area (Å²) in [5, 5.41) is 4.58. The highest BCUT2D eigenvalue weighted by Crippen LogP contribution is 2.24. The van der Waals surface area contributed by atoms with Gasteiger partial charge in [0.1, 0.15) is 6.10 Å². The van der Waals surface area contributed by atoms with Crippen LogP contribution in [0, 0.1) is 0 Å². The molecule has 2 aromatic rings. The fourth-order valence-corrected chi connectivity index (χ4v) is 2.65. The first-order valence-electron chi connectivity index (χ1n) is 7.70. The molecule has 0 amide bonds. The van der Waals surface area contributed by atoms with Crippen molar-refractivity contribution >= 4 is 10.9 Å². The first-order valence-corrected chi connectivity index (χ1v) is 7.70.